The van der Waals surface area contributed by atoms with Gasteiger partial charge in [0, 0.05) is 31.2 Å². The number of hydrogen-bond donors (Lipinski definition) is 0. The van der Waals surface area contributed by atoms with Crippen LogP contribution in [0.5, 0.6) is 0 Å². The number of hydrogen-bond acceptors (Lipinski definition) is 3. The monoisotopic (exact) mass is 305 g/mol. The number of carbonyl (C=O) groups is 2. The van der Waals surface area contributed by atoms with Crippen molar-refractivity contribution < 1.29 is 9.59 Å². The largest absolute Gasteiger partial charge is 0.339 e. The Hall–Kier alpha value is -2.06. The van der Waals surface area contributed by atoms with Crippen molar-refractivity contribution in [2.45, 2.75) is 12.8 Å². The standard InChI is InChI=1S/C15H16ClN3O2/c16-13-4-2-1-3-12(13)11-15(21)19-9-7-18(8-10-19)14(20)5-6-17/h1-4H,5,7-11H2. The Morgan fingerprint density at radius 3 is 2.24 bits per heavy atom. The second-order valence-corrected chi connectivity index (χ2v) is 5.27. The molecule has 6 heteroatoms. The molecule has 0 atom stereocenters. The highest BCUT2D eigenvalue weighted by Crippen LogP contribution is 2.16. The van der Waals surface area contributed by atoms with Crippen molar-refractivity contribution >= 4 is 23.4 Å². The molecule has 0 N–H and O–H groups in total. The van der Waals surface area contributed by atoms with Crippen LogP contribution in [0.15, 0.2) is 24.3 Å². The first-order valence-corrected chi connectivity index (χ1v) is 7.15. The molecule has 21 heavy (non-hydrogen) atoms. The van der Waals surface area contributed by atoms with Crippen LogP contribution < -0.4 is 0 Å². The lowest BCUT2D eigenvalue weighted by Gasteiger charge is -2.34. The zero-order chi connectivity index (χ0) is 15.2. The van der Waals surface area contributed by atoms with E-state index in [0.717, 1.165) is 5.56 Å². The van der Waals surface area contributed by atoms with E-state index >= 15 is 0 Å². The molecule has 1 saturated heterocycles. The summed E-state index contributed by atoms with van der Waals surface area (Å²) in [5, 5.41) is 9.11. The van der Waals surface area contributed by atoms with Crippen LogP contribution in [0.1, 0.15) is 12.0 Å². The molecule has 0 bridgehead atoms. The van der Waals surface area contributed by atoms with Gasteiger partial charge in [-0.2, -0.15) is 5.26 Å². The quantitative estimate of drug-likeness (QED) is 0.849. The highest BCUT2D eigenvalue weighted by atomic mass is 35.5. The van der Waals surface area contributed by atoms with Gasteiger partial charge in [0.25, 0.3) is 0 Å². The zero-order valence-corrected chi connectivity index (χ0v) is 12.3. The van der Waals surface area contributed by atoms with Crippen LogP contribution in [0.2, 0.25) is 5.02 Å². The summed E-state index contributed by atoms with van der Waals surface area (Å²) in [6, 6.07) is 9.14. The van der Waals surface area contributed by atoms with Gasteiger partial charge in [-0.05, 0) is 11.6 Å². The second kappa shape index (κ2) is 7.09. The Labute approximate surface area is 128 Å². The number of rotatable bonds is 3. The molecular formula is C15H16ClN3O2. The van der Waals surface area contributed by atoms with Gasteiger partial charge in [-0.25, -0.2) is 0 Å². The van der Waals surface area contributed by atoms with Crippen molar-refractivity contribution in [3.8, 4) is 6.07 Å². The van der Waals surface area contributed by atoms with Crippen molar-refractivity contribution in [3.05, 3.63) is 34.9 Å². The molecule has 0 radical (unpaired) electrons. The van der Waals surface area contributed by atoms with E-state index in [1.165, 1.54) is 0 Å². The average molecular weight is 306 g/mol. The number of amides is 2. The lowest BCUT2D eigenvalue weighted by Crippen LogP contribution is -2.50. The molecule has 1 aromatic carbocycles. The van der Waals surface area contributed by atoms with Crippen molar-refractivity contribution in [1.29, 1.82) is 5.26 Å². The van der Waals surface area contributed by atoms with Gasteiger partial charge in [-0.15, -0.1) is 0 Å². The molecule has 2 amide bonds. The third-order valence-electron chi connectivity index (χ3n) is 3.51. The van der Waals surface area contributed by atoms with Crippen LogP contribution in [0.4, 0.5) is 0 Å². The van der Waals surface area contributed by atoms with Crippen LogP contribution >= 0.6 is 11.6 Å². The summed E-state index contributed by atoms with van der Waals surface area (Å²) in [6.07, 6.45) is 0.166. The van der Waals surface area contributed by atoms with E-state index in [1.807, 2.05) is 24.3 Å². The molecule has 110 valence electrons. The summed E-state index contributed by atoms with van der Waals surface area (Å²) in [6.45, 7) is 1.96. The highest BCUT2D eigenvalue weighted by Gasteiger charge is 2.24. The molecule has 1 fully saturated rings. The summed E-state index contributed by atoms with van der Waals surface area (Å²) in [5.41, 5.74) is 0.812. The SMILES string of the molecule is N#CCC(=O)N1CCN(C(=O)Cc2ccccc2Cl)CC1. The molecule has 2 rings (SSSR count). The van der Waals surface area contributed by atoms with E-state index in [1.54, 1.807) is 15.9 Å². The smallest absolute Gasteiger partial charge is 0.236 e. The zero-order valence-electron chi connectivity index (χ0n) is 11.6. The molecule has 0 saturated carbocycles. The number of halogens is 1. The Kier molecular flexibility index (Phi) is 5.18. The van der Waals surface area contributed by atoms with Crippen LogP contribution in [0.3, 0.4) is 0 Å². The molecule has 1 aromatic rings. The van der Waals surface area contributed by atoms with Crippen molar-refractivity contribution in [3.63, 3.8) is 0 Å². The maximum absolute atomic E-state index is 12.2. The summed E-state index contributed by atoms with van der Waals surface area (Å²) >= 11 is 6.05. The van der Waals surface area contributed by atoms with E-state index < -0.39 is 0 Å². The maximum Gasteiger partial charge on any atom is 0.236 e. The first-order chi connectivity index (χ1) is 10.1. The lowest BCUT2D eigenvalue weighted by atomic mass is 10.1. The lowest BCUT2D eigenvalue weighted by molar-refractivity contribution is -0.138. The minimum atomic E-state index is -0.171. The number of benzene rings is 1. The van der Waals surface area contributed by atoms with Gasteiger partial charge < -0.3 is 9.80 Å². The minimum absolute atomic E-state index is 0.00971. The number of piperazine rings is 1. The first-order valence-electron chi connectivity index (χ1n) is 6.77. The van der Waals surface area contributed by atoms with E-state index in [-0.39, 0.29) is 24.7 Å². The fourth-order valence-corrected chi connectivity index (χ4v) is 2.50. The van der Waals surface area contributed by atoms with Crippen LogP contribution in [0.25, 0.3) is 0 Å². The topological polar surface area (TPSA) is 64.4 Å². The minimum Gasteiger partial charge on any atom is -0.339 e. The van der Waals surface area contributed by atoms with Crippen LogP contribution in [-0.2, 0) is 16.0 Å². The number of carbonyl (C=O) groups excluding carboxylic acids is 2. The van der Waals surface area contributed by atoms with Crippen molar-refractivity contribution in [1.82, 2.24) is 9.80 Å². The molecule has 5 nitrogen and oxygen atoms in total. The maximum atomic E-state index is 12.2. The van der Waals surface area contributed by atoms with Gasteiger partial charge in [-0.1, -0.05) is 29.8 Å². The first kappa shape index (κ1) is 15.3. The molecular weight excluding hydrogens is 290 g/mol. The third kappa shape index (κ3) is 3.96. The molecule has 0 spiro atoms. The Bertz CT molecular complexity index is 575. The van der Waals surface area contributed by atoms with E-state index in [0.29, 0.717) is 31.2 Å². The summed E-state index contributed by atoms with van der Waals surface area (Å²) in [7, 11) is 0. The number of nitriles is 1. The molecule has 0 unspecified atom stereocenters. The predicted octanol–water partition coefficient (Wildman–Crippen LogP) is 1.47. The molecule has 1 aliphatic rings. The van der Waals surface area contributed by atoms with E-state index in [9.17, 15) is 9.59 Å². The highest BCUT2D eigenvalue weighted by molar-refractivity contribution is 6.31. The van der Waals surface area contributed by atoms with Gasteiger partial charge in [0.15, 0.2) is 0 Å². The van der Waals surface area contributed by atoms with Gasteiger partial charge >= 0.3 is 0 Å². The summed E-state index contributed by atoms with van der Waals surface area (Å²) in [5.74, 6) is -0.161. The third-order valence-corrected chi connectivity index (χ3v) is 3.88. The second-order valence-electron chi connectivity index (χ2n) is 4.86. The average Bonchev–Trinajstić information content (AvgIpc) is 2.50. The Morgan fingerprint density at radius 1 is 1.10 bits per heavy atom. The normalized spacial score (nSPS) is 14.7. The molecule has 1 aliphatic heterocycles. The van der Waals surface area contributed by atoms with Gasteiger partial charge in [0.2, 0.25) is 11.8 Å². The summed E-state index contributed by atoms with van der Waals surface area (Å²) < 4.78 is 0. The summed E-state index contributed by atoms with van der Waals surface area (Å²) in [4.78, 5) is 27.2. The van der Waals surface area contributed by atoms with Gasteiger partial charge in [0.1, 0.15) is 6.42 Å². The molecule has 0 aliphatic carbocycles. The fourth-order valence-electron chi connectivity index (χ4n) is 2.30. The van der Waals surface area contributed by atoms with Crippen molar-refractivity contribution in [2.75, 3.05) is 26.2 Å². The Morgan fingerprint density at radius 2 is 1.67 bits per heavy atom. The van der Waals surface area contributed by atoms with Crippen LogP contribution in [0, 0.1) is 11.3 Å². The van der Waals surface area contributed by atoms with E-state index in [4.69, 9.17) is 16.9 Å². The van der Waals surface area contributed by atoms with E-state index in [2.05, 4.69) is 0 Å². The predicted molar refractivity (Wildman–Crippen MR) is 78.5 cm³/mol. The molecule has 1 heterocycles. The Balaban J connectivity index is 1.88. The van der Waals surface area contributed by atoms with Crippen molar-refractivity contribution in [2.24, 2.45) is 0 Å². The fraction of sp³-hybridized carbons (Fsp3) is 0.400. The molecule has 0 aromatic heterocycles. The van der Waals surface area contributed by atoms with Gasteiger partial charge in [-0.3, -0.25) is 9.59 Å². The van der Waals surface area contributed by atoms with Gasteiger partial charge in [0.05, 0.1) is 12.5 Å². The van der Waals surface area contributed by atoms with Crippen LogP contribution in [-0.4, -0.2) is 47.8 Å². The number of nitrogens with zero attached hydrogens (tertiary/aromatic N) is 3.